The molecule has 0 bridgehead atoms. The van der Waals surface area contributed by atoms with E-state index in [1.807, 2.05) is 18.2 Å². The summed E-state index contributed by atoms with van der Waals surface area (Å²) in [5, 5.41) is 13.1. The molecule has 34 heavy (non-hydrogen) atoms. The summed E-state index contributed by atoms with van der Waals surface area (Å²) in [4.78, 5) is 21.5. The lowest BCUT2D eigenvalue weighted by Gasteiger charge is -2.33. The number of carbonyl (C=O) groups is 1. The zero-order chi connectivity index (χ0) is 24.1. The van der Waals surface area contributed by atoms with Crippen LogP contribution in [0.1, 0.15) is 31.2 Å². The lowest BCUT2D eigenvalue weighted by atomic mass is 9.90. The fourth-order valence-corrected chi connectivity index (χ4v) is 4.32. The third-order valence-corrected chi connectivity index (χ3v) is 6.33. The molecule has 2 heterocycles. The highest BCUT2D eigenvalue weighted by Gasteiger charge is 2.26. The lowest BCUT2D eigenvalue weighted by Crippen LogP contribution is -2.40. The molecule has 2 aromatic heterocycles. The molecule has 178 valence electrons. The summed E-state index contributed by atoms with van der Waals surface area (Å²) in [5.41, 5.74) is 2.07. The number of nitrogens with one attached hydrogen (secondary N) is 1. The van der Waals surface area contributed by atoms with Gasteiger partial charge in [0.2, 0.25) is 5.88 Å². The van der Waals surface area contributed by atoms with Gasteiger partial charge in [-0.15, -0.1) is 0 Å². The molecule has 0 aliphatic heterocycles. The standard InChI is InChI=1S/C25H26ClFN4O3/c1-31(25(32)33)19-10-8-18(9-11-19)29-23-13-20(21(26)14-28-23)22-6-3-7-24(30-22)34-15-16-4-2-5-17(27)12-16/h2-7,12-14,18-19H,8-11,15H2,1H3,(H,28,29)(H,32,33)/t18-,19-. The van der Waals surface area contributed by atoms with Crippen LogP contribution in [-0.2, 0) is 6.61 Å². The summed E-state index contributed by atoms with van der Waals surface area (Å²) in [6, 6.07) is 13.8. The first-order chi connectivity index (χ1) is 16.4. The van der Waals surface area contributed by atoms with Crippen LogP contribution in [0.4, 0.5) is 15.0 Å². The zero-order valence-electron chi connectivity index (χ0n) is 18.7. The van der Waals surface area contributed by atoms with Crippen molar-refractivity contribution in [1.29, 1.82) is 0 Å². The Morgan fingerprint density at radius 3 is 2.71 bits per heavy atom. The highest BCUT2D eigenvalue weighted by atomic mass is 35.5. The van der Waals surface area contributed by atoms with Crippen molar-refractivity contribution in [2.24, 2.45) is 0 Å². The minimum Gasteiger partial charge on any atom is -0.473 e. The predicted molar refractivity (Wildman–Crippen MR) is 129 cm³/mol. The monoisotopic (exact) mass is 484 g/mol. The van der Waals surface area contributed by atoms with Gasteiger partial charge in [0.1, 0.15) is 18.2 Å². The van der Waals surface area contributed by atoms with Crippen molar-refractivity contribution in [3.8, 4) is 17.1 Å². The molecule has 1 amide bonds. The van der Waals surface area contributed by atoms with Gasteiger partial charge >= 0.3 is 6.09 Å². The molecular weight excluding hydrogens is 459 g/mol. The van der Waals surface area contributed by atoms with Gasteiger partial charge in [-0.05, 0) is 55.5 Å². The fourth-order valence-electron chi connectivity index (χ4n) is 4.12. The number of benzene rings is 1. The van der Waals surface area contributed by atoms with Gasteiger partial charge in [-0.25, -0.2) is 19.2 Å². The van der Waals surface area contributed by atoms with Gasteiger partial charge in [0.25, 0.3) is 0 Å². The van der Waals surface area contributed by atoms with Crippen molar-refractivity contribution in [2.45, 2.75) is 44.4 Å². The van der Waals surface area contributed by atoms with Crippen LogP contribution < -0.4 is 10.1 Å². The number of rotatable bonds is 7. The fraction of sp³-hybridized carbons (Fsp3) is 0.320. The van der Waals surface area contributed by atoms with Crippen molar-refractivity contribution in [3.05, 3.63) is 71.1 Å². The van der Waals surface area contributed by atoms with Crippen molar-refractivity contribution in [1.82, 2.24) is 14.9 Å². The van der Waals surface area contributed by atoms with E-state index in [4.69, 9.17) is 16.3 Å². The van der Waals surface area contributed by atoms with Crippen LogP contribution in [0.5, 0.6) is 5.88 Å². The molecule has 3 aromatic rings. The van der Waals surface area contributed by atoms with Gasteiger partial charge in [-0.2, -0.15) is 0 Å². The van der Waals surface area contributed by atoms with E-state index in [-0.39, 0.29) is 24.5 Å². The normalized spacial score (nSPS) is 17.7. The highest BCUT2D eigenvalue weighted by Crippen LogP contribution is 2.31. The van der Waals surface area contributed by atoms with E-state index in [9.17, 15) is 14.3 Å². The quantitative estimate of drug-likeness (QED) is 0.437. The van der Waals surface area contributed by atoms with Crippen molar-refractivity contribution in [3.63, 3.8) is 0 Å². The maximum Gasteiger partial charge on any atom is 0.407 e. The first-order valence-corrected chi connectivity index (χ1v) is 11.5. The smallest absolute Gasteiger partial charge is 0.407 e. The van der Waals surface area contributed by atoms with Crippen LogP contribution in [-0.4, -0.2) is 45.2 Å². The lowest BCUT2D eigenvalue weighted by molar-refractivity contribution is 0.125. The minimum absolute atomic E-state index is 0.0450. The van der Waals surface area contributed by atoms with Crippen LogP contribution in [0.25, 0.3) is 11.3 Å². The number of nitrogens with zero attached hydrogens (tertiary/aromatic N) is 3. The number of anilines is 1. The summed E-state index contributed by atoms with van der Waals surface area (Å²) < 4.78 is 19.1. The third-order valence-electron chi connectivity index (χ3n) is 6.03. The first-order valence-electron chi connectivity index (χ1n) is 11.1. The Hall–Kier alpha value is -3.39. The van der Waals surface area contributed by atoms with Crippen molar-refractivity contribution >= 4 is 23.5 Å². The number of carboxylic acid groups (broad SMARTS) is 1. The molecule has 0 unspecified atom stereocenters. The second kappa shape index (κ2) is 10.7. The molecule has 2 N–H and O–H groups in total. The van der Waals surface area contributed by atoms with Crippen LogP contribution in [0.15, 0.2) is 54.7 Å². The molecule has 1 fully saturated rings. The highest BCUT2D eigenvalue weighted by molar-refractivity contribution is 6.33. The molecule has 0 saturated heterocycles. The molecule has 4 rings (SSSR count). The van der Waals surface area contributed by atoms with E-state index in [0.29, 0.717) is 28.0 Å². The Kier molecular flexibility index (Phi) is 7.47. The zero-order valence-corrected chi connectivity index (χ0v) is 19.5. The molecule has 7 nitrogen and oxygen atoms in total. The number of hydrogen-bond acceptors (Lipinski definition) is 5. The number of ether oxygens (including phenoxy) is 1. The number of halogens is 2. The second-order valence-corrected chi connectivity index (χ2v) is 8.78. The molecule has 1 saturated carbocycles. The second-order valence-electron chi connectivity index (χ2n) is 8.37. The number of hydrogen-bond donors (Lipinski definition) is 2. The first kappa shape index (κ1) is 23.8. The van der Waals surface area contributed by atoms with Gasteiger partial charge in [0.15, 0.2) is 0 Å². The van der Waals surface area contributed by atoms with Gasteiger partial charge in [0.05, 0.1) is 10.7 Å². The molecule has 0 spiro atoms. The summed E-state index contributed by atoms with van der Waals surface area (Å²) >= 11 is 6.43. The predicted octanol–water partition coefficient (Wildman–Crippen LogP) is 5.85. The van der Waals surface area contributed by atoms with Crippen LogP contribution in [0.3, 0.4) is 0 Å². The topological polar surface area (TPSA) is 87.6 Å². The Morgan fingerprint density at radius 1 is 1.21 bits per heavy atom. The Labute approximate surface area is 202 Å². The maximum absolute atomic E-state index is 13.4. The number of aromatic nitrogens is 2. The molecule has 1 aliphatic carbocycles. The van der Waals surface area contributed by atoms with Crippen LogP contribution in [0, 0.1) is 5.82 Å². The molecular formula is C25H26ClFN4O3. The van der Waals surface area contributed by atoms with Crippen molar-refractivity contribution in [2.75, 3.05) is 12.4 Å². The summed E-state index contributed by atoms with van der Waals surface area (Å²) in [6.45, 7) is 0.199. The van der Waals surface area contributed by atoms with E-state index in [1.54, 1.807) is 31.4 Å². The minimum atomic E-state index is -0.893. The van der Waals surface area contributed by atoms with E-state index < -0.39 is 6.09 Å². The molecule has 9 heteroatoms. The van der Waals surface area contributed by atoms with Gasteiger partial charge in [0, 0.05) is 37.0 Å². The van der Waals surface area contributed by atoms with E-state index in [0.717, 1.165) is 31.2 Å². The SMILES string of the molecule is CN(C(=O)O)[C@H]1CC[C@H](Nc2cc(-c3cccc(OCc4cccc(F)c4)n3)c(Cl)cn2)CC1. The Bertz CT molecular complexity index is 1150. The average molecular weight is 485 g/mol. The largest absolute Gasteiger partial charge is 0.473 e. The van der Waals surface area contributed by atoms with E-state index >= 15 is 0 Å². The summed E-state index contributed by atoms with van der Waals surface area (Å²) in [7, 11) is 1.62. The van der Waals surface area contributed by atoms with Gasteiger partial charge < -0.3 is 20.1 Å². The Morgan fingerprint density at radius 2 is 1.97 bits per heavy atom. The summed E-state index contributed by atoms with van der Waals surface area (Å²) in [5.74, 6) is 0.779. The average Bonchev–Trinajstić information content (AvgIpc) is 2.84. The van der Waals surface area contributed by atoms with Crippen LogP contribution in [0.2, 0.25) is 5.02 Å². The molecule has 0 radical (unpaired) electrons. The number of pyridine rings is 2. The maximum atomic E-state index is 13.4. The third kappa shape index (κ3) is 5.94. The Balaban J connectivity index is 1.42. The van der Waals surface area contributed by atoms with Gasteiger partial charge in [-0.1, -0.05) is 29.8 Å². The van der Waals surface area contributed by atoms with E-state index in [2.05, 4.69) is 15.3 Å². The van der Waals surface area contributed by atoms with Crippen molar-refractivity contribution < 1.29 is 19.0 Å². The van der Waals surface area contributed by atoms with Gasteiger partial charge in [-0.3, -0.25) is 0 Å². The molecule has 0 atom stereocenters. The van der Waals surface area contributed by atoms with Crippen LogP contribution >= 0.6 is 11.6 Å². The summed E-state index contributed by atoms with van der Waals surface area (Å²) in [6.07, 6.45) is 3.99. The molecule has 1 aromatic carbocycles. The molecule has 1 aliphatic rings. The number of amides is 1. The van der Waals surface area contributed by atoms with E-state index in [1.165, 1.54) is 17.0 Å².